The van der Waals surface area contributed by atoms with Gasteiger partial charge in [0.25, 0.3) is 5.91 Å². The molecule has 4 nitrogen and oxygen atoms in total. The van der Waals surface area contributed by atoms with Crippen molar-refractivity contribution in [3.8, 4) is 5.75 Å². The molecule has 0 spiro atoms. The minimum atomic E-state index is -0.745. The molecule has 126 valence electrons. The van der Waals surface area contributed by atoms with Crippen LogP contribution in [-0.4, -0.2) is 18.2 Å². The van der Waals surface area contributed by atoms with Gasteiger partial charge in [-0.05, 0) is 43.2 Å². The second kappa shape index (κ2) is 8.45. The van der Waals surface area contributed by atoms with Crippen LogP contribution in [-0.2, 0) is 11.2 Å². The Balaban J connectivity index is 1.92. The van der Waals surface area contributed by atoms with E-state index >= 15 is 0 Å². The van der Waals surface area contributed by atoms with Gasteiger partial charge in [0.1, 0.15) is 11.6 Å². The molecule has 1 amide bonds. The van der Waals surface area contributed by atoms with Crippen LogP contribution in [0.3, 0.4) is 0 Å². The largest absolute Gasteiger partial charge is 0.481 e. The number of rotatable bonds is 6. The average Bonchev–Trinajstić information content (AvgIpc) is 2.58. The van der Waals surface area contributed by atoms with Crippen molar-refractivity contribution in [1.29, 1.82) is 0 Å². The molecule has 6 heteroatoms. The zero-order valence-corrected chi connectivity index (χ0v) is 14.2. The van der Waals surface area contributed by atoms with Gasteiger partial charge in [-0.1, -0.05) is 36.7 Å². The lowest BCUT2D eigenvalue weighted by Gasteiger charge is -2.13. The summed E-state index contributed by atoms with van der Waals surface area (Å²) in [5, 5.41) is 3.94. The summed E-state index contributed by atoms with van der Waals surface area (Å²) in [4.78, 5) is 12.0. The summed E-state index contributed by atoms with van der Waals surface area (Å²) in [7, 11) is 0. The van der Waals surface area contributed by atoms with Crippen molar-refractivity contribution < 1.29 is 13.9 Å². The van der Waals surface area contributed by atoms with E-state index in [2.05, 4.69) is 17.5 Å². The van der Waals surface area contributed by atoms with Gasteiger partial charge >= 0.3 is 0 Å². The van der Waals surface area contributed by atoms with Gasteiger partial charge in [-0.3, -0.25) is 4.79 Å². The fourth-order valence-electron chi connectivity index (χ4n) is 1.95. The molecule has 0 bridgehead atoms. The predicted molar refractivity (Wildman–Crippen MR) is 93.1 cm³/mol. The predicted octanol–water partition coefficient (Wildman–Crippen LogP) is 3.96. The number of benzene rings is 2. The number of hydrogen-bond acceptors (Lipinski definition) is 3. The maximum Gasteiger partial charge on any atom is 0.280 e. The van der Waals surface area contributed by atoms with Gasteiger partial charge in [0.2, 0.25) is 0 Å². The van der Waals surface area contributed by atoms with Crippen LogP contribution in [0.15, 0.2) is 47.6 Å². The lowest BCUT2D eigenvalue weighted by Crippen LogP contribution is -2.33. The van der Waals surface area contributed by atoms with E-state index in [0.29, 0.717) is 5.75 Å². The summed E-state index contributed by atoms with van der Waals surface area (Å²) in [5.41, 5.74) is 3.61. The van der Waals surface area contributed by atoms with Gasteiger partial charge in [0.05, 0.1) is 11.2 Å². The third-order valence-corrected chi connectivity index (χ3v) is 3.71. The SMILES string of the molecule is CCc1ccc(OC(C)C(=O)N/N=C/c2c(F)cccc2Cl)cc1. The van der Waals surface area contributed by atoms with Gasteiger partial charge in [0, 0.05) is 5.56 Å². The number of ether oxygens (including phenoxy) is 1. The Morgan fingerprint density at radius 1 is 1.33 bits per heavy atom. The minimum Gasteiger partial charge on any atom is -0.481 e. The Kier molecular flexibility index (Phi) is 6.32. The maximum absolute atomic E-state index is 13.6. The van der Waals surface area contributed by atoms with E-state index in [0.717, 1.165) is 6.42 Å². The van der Waals surface area contributed by atoms with Crippen molar-refractivity contribution >= 4 is 23.7 Å². The molecule has 2 rings (SSSR count). The zero-order chi connectivity index (χ0) is 17.5. The van der Waals surface area contributed by atoms with Gasteiger partial charge in [-0.2, -0.15) is 5.10 Å². The quantitative estimate of drug-likeness (QED) is 0.634. The number of carbonyl (C=O) groups is 1. The molecule has 2 aromatic carbocycles. The summed E-state index contributed by atoms with van der Waals surface area (Å²) in [6, 6.07) is 11.8. The smallest absolute Gasteiger partial charge is 0.280 e. The van der Waals surface area contributed by atoms with E-state index < -0.39 is 17.8 Å². The highest BCUT2D eigenvalue weighted by Crippen LogP contribution is 2.16. The second-order valence-corrected chi connectivity index (χ2v) is 5.53. The first kappa shape index (κ1) is 17.9. The third kappa shape index (κ3) is 4.80. The molecule has 24 heavy (non-hydrogen) atoms. The Bertz CT molecular complexity index is 712. The summed E-state index contributed by atoms with van der Waals surface area (Å²) in [6.07, 6.45) is 1.35. The van der Waals surface area contributed by atoms with E-state index in [4.69, 9.17) is 16.3 Å². The summed E-state index contributed by atoms with van der Waals surface area (Å²) < 4.78 is 19.1. The van der Waals surface area contributed by atoms with Crippen molar-refractivity contribution in [2.45, 2.75) is 26.4 Å². The van der Waals surface area contributed by atoms with Crippen LogP contribution in [0.5, 0.6) is 5.75 Å². The molecule has 1 N–H and O–H groups in total. The Morgan fingerprint density at radius 3 is 2.67 bits per heavy atom. The lowest BCUT2D eigenvalue weighted by molar-refractivity contribution is -0.127. The van der Waals surface area contributed by atoms with Crippen LogP contribution < -0.4 is 10.2 Å². The highest BCUT2D eigenvalue weighted by Gasteiger charge is 2.14. The first-order chi connectivity index (χ1) is 11.5. The molecule has 0 aliphatic carbocycles. The van der Waals surface area contributed by atoms with Crippen molar-refractivity contribution in [1.82, 2.24) is 5.43 Å². The van der Waals surface area contributed by atoms with E-state index in [1.807, 2.05) is 24.3 Å². The Labute approximate surface area is 145 Å². The van der Waals surface area contributed by atoms with E-state index in [1.165, 1.54) is 23.9 Å². The number of hydrazone groups is 1. The van der Waals surface area contributed by atoms with Gasteiger partial charge in [-0.15, -0.1) is 0 Å². The highest BCUT2D eigenvalue weighted by atomic mass is 35.5. The zero-order valence-electron chi connectivity index (χ0n) is 13.4. The monoisotopic (exact) mass is 348 g/mol. The van der Waals surface area contributed by atoms with Gasteiger partial charge < -0.3 is 4.74 Å². The number of aryl methyl sites for hydroxylation is 1. The molecule has 0 aliphatic heterocycles. The van der Waals surface area contributed by atoms with Crippen molar-refractivity contribution in [3.05, 3.63) is 64.4 Å². The van der Waals surface area contributed by atoms with Crippen LogP contribution in [0.1, 0.15) is 25.0 Å². The number of nitrogens with zero attached hydrogens (tertiary/aromatic N) is 1. The normalized spacial score (nSPS) is 12.2. The number of nitrogens with one attached hydrogen (secondary N) is 1. The molecule has 0 radical (unpaired) electrons. The topological polar surface area (TPSA) is 50.7 Å². The second-order valence-electron chi connectivity index (χ2n) is 5.13. The summed E-state index contributed by atoms with van der Waals surface area (Å²) >= 11 is 5.87. The third-order valence-electron chi connectivity index (χ3n) is 3.38. The van der Waals surface area contributed by atoms with Crippen LogP contribution in [0, 0.1) is 5.82 Å². The molecule has 2 aromatic rings. The number of hydrogen-bond donors (Lipinski definition) is 1. The first-order valence-corrected chi connectivity index (χ1v) is 7.91. The molecule has 1 unspecified atom stereocenters. The highest BCUT2D eigenvalue weighted by molar-refractivity contribution is 6.33. The van der Waals surface area contributed by atoms with Gasteiger partial charge in [0.15, 0.2) is 6.10 Å². The molecular formula is C18H18ClFN2O2. The minimum absolute atomic E-state index is 0.114. The van der Waals surface area contributed by atoms with E-state index in [9.17, 15) is 9.18 Å². The Hall–Kier alpha value is -2.40. The van der Waals surface area contributed by atoms with Crippen LogP contribution >= 0.6 is 11.6 Å². The number of amides is 1. The molecule has 0 heterocycles. The standard InChI is InChI=1S/C18H18ClFN2O2/c1-3-13-7-9-14(10-8-13)24-12(2)18(23)22-21-11-15-16(19)5-4-6-17(15)20/h4-12H,3H2,1-2H3,(H,22,23)/b21-11+. The van der Waals surface area contributed by atoms with Crippen molar-refractivity contribution in [2.75, 3.05) is 0 Å². The summed E-state index contributed by atoms with van der Waals surface area (Å²) in [6.45, 7) is 3.67. The van der Waals surface area contributed by atoms with Crippen LogP contribution in [0.2, 0.25) is 5.02 Å². The molecule has 0 aromatic heterocycles. The fraction of sp³-hybridized carbons (Fsp3) is 0.222. The molecule has 0 saturated heterocycles. The molecular weight excluding hydrogens is 331 g/mol. The average molecular weight is 349 g/mol. The Morgan fingerprint density at radius 2 is 2.04 bits per heavy atom. The number of carbonyl (C=O) groups excluding carboxylic acids is 1. The van der Waals surface area contributed by atoms with Crippen LogP contribution in [0.4, 0.5) is 4.39 Å². The van der Waals surface area contributed by atoms with E-state index in [-0.39, 0.29) is 10.6 Å². The summed E-state index contributed by atoms with van der Waals surface area (Å²) in [5.74, 6) is -0.366. The maximum atomic E-state index is 13.6. The molecule has 0 saturated carbocycles. The first-order valence-electron chi connectivity index (χ1n) is 7.53. The van der Waals surface area contributed by atoms with Crippen molar-refractivity contribution in [2.24, 2.45) is 5.10 Å². The van der Waals surface area contributed by atoms with Crippen molar-refractivity contribution in [3.63, 3.8) is 0 Å². The molecule has 0 aliphatic rings. The number of halogens is 2. The molecule has 0 fully saturated rings. The van der Waals surface area contributed by atoms with Crippen LogP contribution in [0.25, 0.3) is 0 Å². The molecule has 1 atom stereocenters. The lowest BCUT2D eigenvalue weighted by atomic mass is 10.2. The fourth-order valence-corrected chi connectivity index (χ4v) is 2.16. The van der Waals surface area contributed by atoms with Gasteiger partial charge in [-0.25, -0.2) is 9.82 Å². The van der Waals surface area contributed by atoms with E-state index in [1.54, 1.807) is 13.0 Å².